The molecular formula is C10H14N2O4S. The number of aliphatic hydroxyl groups is 1. The molecule has 1 atom stereocenters. The topological polar surface area (TPSA) is 92.5 Å². The Labute approximate surface area is 102 Å². The van der Waals surface area contributed by atoms with Crippen LogP contribution in [0.5, 0.6) is 0 Å². The van der Waals surface area contributed by atoms with E-state index in [1.807, 2.05) is 0 Å². The lowest BCUT2D eigenvalue weighted by Gasteiger charge is -2.04. The number of hydrogen-bond donors (Lipinski definition) is 2. The van der Waals surface area contributed by atoms with Gasteiger partial charge in [0.05, 0.1) is 15.9 Å². The van der Waals surface area contributed by atoms with Crippen LogP contribution in [0.1, 0.15) is 29.4 Å². The minimum absolute atomic E-state index is 0.0425. The van der Waals surface area contributed by atoms with E-state index in [1.165, 1.54) is 12.1 Å². The summed E-state index contributed by atoms with van der Waals surface area (Å²) in [6.45, 7) is 2.14. The molecule has 7 heteroatoms. The van der Waals surface area contributed by atoms with E-state index in [4.69, 9.17) is 5.11 Å². The van der Waals surface area contributed by atoms with Gasteiger partial charge in [0, 0.05) is 12.6 Å². The second-order valence-electron chi connectivity index (χ2n) is 3.64. The summed E-state index contributed by atoms with van der Waals surface area (Å²) < 4.78 is 0. The average Bonchev–Trinajstić information content (AvgIpc) is 2.73. The number of nitrogens with zero attached hydrogens (tertiary/aromatic N) is 1. The molecule has 2 N–H and O–H groups in total. The molecule has 0 fully saturated rings. The van der Waals surface area contributed by atoms with E-state index in [1.54, 1.807) is 6.92 Å². The van der Waals surface area contributed by atoms with Gasteiger partial charge in [-0.2, -0.15) is 0 Å². The second-order valence-corrected chi connectivity index (χ2v) is 4.70. The van der Waals surface area contributed by atoms with Gasteiger partial charge < -0.3 is 10.4 Å². The van der Waals surface area contributed by atoms with Crippen molar-refractivity contribution >= 4 is 22.2 Å². The standard InChI is InChI=1S/C10H14N2O4S/c1-7(13)3-2-6-11-10(14)8-4-5-9(17-8)12(15)16/h4-5,7,13H,2-3,6H2,1H3,(H,11,14). The van der Waals surface area contributed by atoms with Crippen molar-refractivity contribution in [2.24, 2.45) is 0 Å². The van der Waals surface area contributed by atoms with Crippen molar-refractivity contribution in [2.75, 3.05) is 6.54 Å². The zero-order valence-corrected chi connectivity index (χ0v) is 10.2. The molecule has 1 aromatic rings. The Balaban J connectivity index is 2.39. The summed E-state index contributed by atoms with van der Waals surface area (Å²) in [5.74, 6) is -0.311. The van der Waals surface area contributed by atoms with Crippen molar-refractivity contribution in [1.82, 2.24) is 5.32 Å². The third kappa shape index (κ3) is 4.49. The maximum atomic E-state index is 11.5. The Morgan fingerprint density at radius 1 is 1.65 bits per heavy atom. The summed E-state index contributed by atoms with van der Waals surface area (Å²) in [6.07, 6.45) is 0.914. The van der Waals surface area contributed by atoms with E-state index >= 15 is 0 Å². The molecule has 0 bridgehead atoms. The summed E-state index contributed by atoms with van der Waals surface area (Å²) in [7, 11) is 0. The Hall–Kier alpha value is -1.47. The van der Waals surface area contributed by atoms with Gasteiger partial charge in [0.25, 0.3) is 5.91 Å². The van der Waals surface area contributed by atoms with Gasteiger partial charge in [0.15, 0.2) is 0 Å². The molecule has 0 saturated carbocycles. The van der Waals surface area contributed by atoms with Gasteiger partial charge in [0.1, 0.15) is 0 Å². The number of rotatable bonds is 6. The van der Waals surface area contributed by atoms with Gasteiger partial charge in [-0.1, -0.05) is 11.3 Å². The Bertz CT molecular complexity index is 403. The fraction of sp³-hybridized carbons (Fsp3) is 0.500. The molecule has 0 aliphatic heterocycles. The summed E-state index contributed by atoms with van der Waals surface area (Å²) >= 11 is 0.853. The van der Waals surface area contributed by atoms with E-state index < -0.39 is 4.92 Å². The first-order valence-electron chi connectivity index (χ1n) is 5.21. The van der Waals surface area contributed by atoms with Crippen LogP contribution in [0.15, 0.2) is 12.1 Å². The molecule has 0 saturated heterocycles. The molecule has 1 heterocycles. The van der Waals surface area contributed by atoms with Crippen molar-refractivity contribution in [3.63, 3.8) is 0 Å². The van der Waals surface area contributed by atoms with Crippen LogP contribution in [-0.4, -0.2) is 28.6 Å². The Morgan fingerprint density at radius 3 is 2.88 bits per heavy atom. The predicted molar refractivity (Wildman–Crippen MR) is 64.2 cm³/mol. The normalized spacial score (nSPS) is 12.1. The highest BCUT2D eigenvalue weighted by Crippen LogP contribution is 2.23. The van der Waals surface area contributed by atoms with E-state index in [2.05, 4.69) is 5.32 Å². The fourth-order valence-electron chi connectivity index (χ4n) is 1.23. The quantitative estimate of drug-likeness (QED) is 0.460. The molecule has 6 nitrogen and oxygen atoms in total. The first-order chi connectivity index (χ1) is 8.00. The van der Waals surface area contributed by atoms with Crippen molar-refractivity contribution in [1.29, 1.82) is 0 Å². The van der Waals surface area contributed by atoms with Crippen molar-refractivity contribution in [3.8, 4) is 0 Å². The number of carbonyl (C=O) groups is 1. The third-order valence-electron chi connectivity index (χ3n) is 2.08. The number of nitrogens with one attached hydrogen (secondary N) is 1. The monoisotopic (exact) mass is 258 g/mol. The zero-order valence-electron chi connectivity index (χ0n) is 9.38. The molecule has 1 amide bonds. The minimum Gasteiger partial charge on any atom is -0.393 e. The third-order valence-corrected chi connectivity index (χ3v) is 3.12. The van der Waals surface area contributed by atoms with E-state index in [0.29, 0.717) is 24.3 Å². The van der Waals surface area contributed by atoms with Crippen LogP contribution in [0.3, 0.4) is 0 Å². The first-order valence-corrected chi connectivity index (χ1v) is 6.03. The van der Waals surface area contributed by atoms with E-state index in [-0.39, 0.29) is 17.0 Å². The Morgan fingerprint density at radius 2 is 2.35 bits per heavy atom. The van der Waals surface area contributed by atoms with Gasteiger partial charge >= 0.3 is 5.00 Å². The fourth-order valence-corrected chi connectivity index (χ4v) is 1.97. The first kappa shape index (κ1) is 13.6. The van der Waals surface area contributed by atoms with Crippen LogP contribution >= 0.6 is 11.3 Å². The number of nitro groups is 1. The lowest BCUT2D eigenvalue weighted by Crippen LogP contribution is -2.24. The summed E-state index contributed by atoms with van der Waals surface area (Å²) in [5, 5.41) is 22.0. The predicted octanol–water partition coefficient (Wildman–Crippen LogP) is 1.55. The largest absolute Gasteiger partial charge is 0.393 e. The molecule has 1 rings (SSSR count). The number of aliphatic hydroxyl groups excluding tert-OH is 1. The SMILES string of the molecule is CC(O)CCCNC(=O)c1ccc([N+](=O)[O-])s1. The van der Waals surface area contributed by atoms with E-state index in [0.717, 1.165) is 11.3 Å². The molecule has 1 aromatic heterocycles. The molecule has 1 unspecified atom stereocenters. The highest BCUT2D eigenvalue weighted by atomic mass is 32.1. The second kappa shape index (κ2) is 6.31. The van der Waals surface area contributed by atoms with Gasteiger partial charge in [-0.05, 0) is 25.8 Å². The summed E-state index contributed by atoms with van der Waals surface area (Å²) in [4.78, 5) is 21.8. The van der Waals surface area contributed by atoms with Crippen molar-refractivity contribution in [2.45, 2.75) is 25.9 Å². The number of hydrogen-bond acceptors (Lipinski definition) is 5. The molecule has 0 radical (unpaired) electrons. The van der Waals surface area contributed by atoms with Crippen LogP contribution in [0.2, 0.25) is 0 Å². The van der Waals surface area contributed by atoms with Gasteiger partial charge in [-0.15, -0.1) is 0 Å². The molecule has 94 valence electrons. The maximum absolute atomic E-state index is 11.5. The summed E-state index contributed by atoms with van der Waals surface area (Å²) in [5.41, 5.74) is 0. The molecular weight excluding hydrogens is 244 g/mol. The van der Waals surface area contributed by atoms with Gasteiger partial charge in [-0.25, -0.2) is 0 Å². The van der Waals surface area contributed by atoms with Crippen molar-refractivity contribution in [3.05, 3.63) is 27.1 Å². The molecule has 0 aliphatic rings. The minimum atomic E-state index is -0.519. The maximum Gasteiger partial charge on any atom is 0.324 e. The molecule has 0 aromatic carbocycles. The van der Waals surface area contributed by atoms with Crippen LogP contribution in [-0.2, 0) is 0 Å². The van der Waals surface area contributed by atoms with Gasteiger partial charge in [-0.3, -0.25) is 14.9 Å². The smallest absolute Gasteiger partial charge is 0.324 e. The summed E-state index contributed by atoms with van der Waals surface area (Å²) in [6, 6.07) is 2.75. The molecule has 17 heavy (non-hydrogen) atoms. The van der Waals surface area contributed by atoms with Crippen LogP contribution in [0.4, 0.5) is 5.00 Å². The highest BCUT2D eigenvalue weighted by Gasteiger charge is 2.14. The molecule has 0 aliphatic carbocycles. The number of carbonyl (C=O) groups excluding carboxylic acids is 1. The lowest BCUT2D eigenvalue weighted by atomic mass is 10.2. The van der Waals surface area contributed by atoms with Crippen LogP contribution in [0, 0.1) is 10.1 Å². The van der Waals surface area contributed by atoms with Crippen LogP contribution in [0.25, 0.3) is 0 Å². The zero-order chi connectivity index (χ0) is 12.8. The number of thiophene rings is 1. The van der Waals surface area contributed by atoms with E-state index in [9.17, 15) is 14.9 Å². The highest BCUT2D eigenvalue weighted by molar-refractivity contribution is 7.17. The molecule has 0 spiro atoms. The van der Waals surface area contributed by atoms with Crippen LogP contribution < -0.4 is 5.32 Å². The average molecular weight is 258 g/mol. The van der Waals surface area contributed by atoms with Crippen molar-refractivity contribution < 1.29 is 14.8 Å². The number of amides is 1. The Kier molecular flexibility index (Phi) is 5.05. The lowest BCUT2D eigenvalue weighted by molar-refractivity contribution is -0.380. The van der Waals surface area contributed by atoms with Gasteiger partial charge in [0.2, 0.25) is 0 Å².